The Morgan fingerprint density at radius 1 is 1.20 bits per heavy atom. The Morgan fingerprint density at radius 2 is 2.03 bits per heavy atom. The number of nitrogens with zero attached hydrogens (tertiary/aromatic N) is 4. The molecule has 0 saturated carbocycles. The fraction of sp³-hybridized carbons (Fsp3) is 0.240. The minimum Gasteiger partial charge on any atom is -0.396 e. The van der Waals surface area contributed by atoms with Gasteiger partial charge in [-0.3, -0.25) is 8.89 Å². The number of hydrogen-bond donors (Lipinski definition) is 2. The van der Waals surface area contributed by atoms with E-state index in [2.05, 4.69) is 10.1 Å². The van der Waals surface area contributed by atoms with Crippen molar-refractivity contribution in [2.45, 2.75) is 17.2 Å². The number of aliphatic hydroxyl groups excluding tert-OH is 1. The number of thiophene rings is 1. The van der Waals surface area contributed by atoms with Crippen molar-refractivity contribution in [1.29, 1.82) is 0 Å². The van der Waals surface area contributed by atoms with E-state index in [0.29, 0.717) is 40.9 Å². The average Bonchev–Trinajstić information content (AvgIpc) is 3.44. The fourth-order valence-electron chi connectivity index (χ4n) is 4.01. The summed E-state index contributed by atoms with van der Waals surface area (Å²) >= 11 is 1.38. The number of benzene rings is 1. The molecule has 0 amide bonds. The van der Waals surface area contributed by atoms with Crippen LogP contribution in [-0.4, -0.2) is 55.1 Å². The number of aliphatic hydroxyl groups is 1. The average molecular weight is 508 g/mol. The van der Waals surface area contributed by atoms with Gasteiger partial charge in [0, 0.05) is 48.2 Å². The van der Waals surface area contributed by atoms with Crippen LogP contribution in [0.3, 0.4) is 0 Å². The summed E-state index contributed by atoms with van der Waals surface area (Å²) in [4.78, 5) is 10.2. The molecule has 1 unspecified atom stereocenters. The third-order valence-corrected chi connectivity index (χ3v) is 8.66. The van der Waals surface area contributed by atoms with Gasteiger partial charge < -0.3 is 15.6 Å². The Labute approximate surface area is 208 Å². The van der Waals surface area contributed by atoms with Gasteiger partial charge >= 0.3 is 0 Å². The highest BCUT2D eigenvalue weighted by atomic mass is 32.2. The monoisotopic (exact) mass is 507 g/mol. The summed E-state index contributed by atoms with van der Waals surface area (Å²) in [5.74, 6) is 0.483. The summed E-state index contributed by atoms with van der Waals surface area (Å²) in [6.45, 7) is 0.972. The topological polar surface area (TPSA) is 116 Å². The summed E-state index contributed by atoms with van der Waals surface area (Å²) < 4.78 is 20.5. The molecule has 0 radical (unpaired) electrons. The molecular formula is C25H25N5O3S2. The maximum absolute atomic E-state index is 13.0. The van der Waals surface area contributed by atoms with Crippen molar-refractivity contribution < 1.29 is 14.1 Å². The lowest BCUT2D eigenvalue weighted by Gasteiger charge is -2.09. The van der Waals surface area contributed by atoms with E-state index in [1.54, 1.807) is 18.0 Å². The van der Waals surface area contributed by atoms with E-state index >= 15 is 0 Å². The number of fused-ring (bicyclic) bond motifs is 2. The molecule has 4 heterocycles. The minimum atomic E-state index is -1.23. The van der Waals surface area contributed by atoms with Gasteiger partial charge in [-0.25, -0.2) is 9.97 Å². The molecule has 0 aliphatic carbocycles. The lowest BCUT2D eigenvalue weighted by Crippen LogP contribution is -2.02. The van der Waals surface area contributed by atoms with E-state index in [-0.39, 0.29) is 6.61 Å². The summed E-state index contributed by atoms with van der Waals surface area (Å²) in [5.41, 5.74) is 11.3. The van der Waals surface area contributed by atoms with E-state index in [1.165, 1.54) is 11.3 Å². The fourth-order valence-corrected chi connectivity index (χ4v) is 6.64. The van der Waals surface area contributed by atoms with E-state index in [1.807, 2.05) is 48.7 Å². The molecule has 0 fully saturated rings. The molecule has 180 valence electrons. The Hall–Kier alpha value is -3.18. The second-order valence-electron chi connectivity index (χ2n) is 8.05. The van der Waals surface area contributed by atoms with Crippen molar-refractivity contribution in [3.05, 3.63) is 54.9 Å². The van der Waals surface area contributed by atoms with Crippen LogP contribution in [0, 0.1) is 0 Å². The third kappa shape index (κ3) is 4.70. The highest BCUT2D eigenvalue weighted by molar-refractivity contribution is 7.87. The number of pyridine rings is 2. The predicted octanol–water partition coefficient (Wildman–Crippen LogP) is 4.09. The summed E-state index contributed by atoms with van der Waals surface area (Å²) in [5, 5.41) is 15.3. The lowest BCUT2D eigenvalue weighted by atomic mass is 10.0. The standard InChI is InChI=1S/C25H25N5O3S2/c1-33-10-5-11-35(32)25-22(26)21-19(16-6-3-2-4-7-16)13-20(28-24(21)34-25)17-12-18-15-30(8-9-31)29-23(18)27-14-17/h2-4,6-7,12-15,31H,5,8-11,26H2,1H3. The number of methoxy groups -OCH3 is 1. The van der Waals surface area contributed by atoms with E-state index in [0.717, 1.165) is 38.0 Å². The quantitative estimate of drug-likeness (QED) is 0.289. The summed E-state index contributed by atoms with van der Waals surface area (Å²) in [6.07, 6.45) is 4.31. The second-order valence-corrected chi connectivity index (χ2v) is 10.8. The first-order chi connectivity index (χ1) is 17.1. The van der Waals surface area contributed by atoms with Crippen molar-refractivity contribution in [3.63, 3.8) is 0 Å². The SMILES string of the molecule is COCCCS(=O)c1sc2nc(-c3cnc4nn(CCO)cc4c3)cc(-c3ccccc3)c2c1N. The number of nitrogen functional groups attached to an aromatic ring is 1. The van der Waals surface area contributed by atoms with Crippen molar-refractivity contribution in [2.24, 2.45) is 0 Å². The van der Waals surface area contributed by atoms with Crippen LogP contribution >= 0.6 is 11.3 Å². The van der Waals surface area contributed by atoms with E-state index < -0.39 is 10.8 Å². The minimum absolute atomic E-state index is 0.00841. The molecule has 10 heteroatoms. The highest BCUT2D eigenvalue weighted by Gasteiger charge is 2.21. The Balaban J connectivity index is 1.65. The first-order valence-corrected chi connectivity index (χ1v) is 13.3. The molecule has 3 N–H and O–H groups in total. The van der Waals surface area contributed by atoms with Crippen LogP contribution in [-0.2, 0) is 22.1 Å². The predicted molar refractivity (Wildman–Crippen MR) is 141 cm³/mol. The number of ether oxygens (including phenoxy) is 1. The first-order valence-electron chi connectivity index (χ1n) is 11.2. The molecule has 1 atom stereocenters. The van der Waals surface area contributed by atoms with Crippen LogP contribution in [0.4, 0.5) is 5.69 Å². The molecule has 0 bridgehead atoms. The van der Waals surface area contributed by atoms with Crippen molar-refractivity contribution in [2.75, 3.05) is 31.8 Å². The van der Waals surface area contributed by atoms with E-state index in [9.17, 15) is 9.32 Å². The molecule has 5 rings (SSSR count). The molecule has 0 spiro atoms. The number of aromatic nitrogens is 4. The smallest absolute Gasteiger partial charge is 0.181 e. The zero-order chi connectivity index (χ0) is 24.4. The highest BCUT2D eigenvalue weighted by Crippen LogP contribution is 2.42. The van der Waals surface area contributed by atoms with Crippen molar-refractivity contribution in [3.8, 4) is 22.4 Å². The van der Waals surface area contributed by atoms with Gasteiger partial charge in [-0.2, -0.15) is 5.10 Å². The number of hydrogen-bond acceptors (Lipinski definition) is 8. The number of nitrogens with two attached hydrogens (primary N) is 1. The van der Waals surface area contributed by atoms with Gasteiger partial charge in [-0.15, -0.1) is 11.3 Å². The van der Waals surface area contributed by atoms with Gasteiger partial charge in [-0.05, 0) is 29.7 Å². The van der Waals surface area contributed by atoms with Crippen LogP contribution in [0.25, 0.3) is 43.6 Å². The Kier molecular flexibility index (Phi) is 6.87. The molecule has 0 aliphatic rings. The third-order valence-electron chi connectivity index (χ3n) is 5.67. The molecule has 35 heavy (non-hydrogen) atoms. The van der Waals surface area contributed by atoms with Crippen molar-refractivity contribution >= 4 is 49.1 Å². The molecule has 4 aromatic heterocycles. The zero-order valence-corrected chi connectivity index (χ0v) is 20.8. The lowest BCUT2D eigenvalue weighted by molar-refractivity contribution is 0.200. The Bertz CT molecular complexity index is 1510. The molecule has 1 aromatic carbocycles. The second kappa shape index (κ2) is 10.2. The van der Waals surface area contributed by atoms with Crippen LogP contribution < -0.4 is 5.73 Å². The summed E-state index contributed by atoms with van der Waals surface area (Å²) in [7, 11) is 0.404. The maximum atomic E-state index is 13.0. The van der Waals surface area contributed by atoms with Gasteiger partial charge in [0.25, 0.3) is 0 Å². The van der Waals surface area contributed by atoms with E-state index in [4.69, 9.17) is 15.5 Å². The Morgan fingerprint density at radius 3 is 2.80 bits per heavy atom. The number of rotatable bonds is 9. The molecule has 0 saturated heterocycles. The van der Waals surface area contributed by atoms with Crippen LogP contribution in [0.1, 0.15) is 6.42 Å². The van der Waals surface area contributed by atoms with Gasteiger partial charge in [0.05, 0.1) is 35.3 Å². The van der Waals surface area contributed by atoms with Gasteiger partial charge in [0.15, 0.2) is 5.65 Å². The zero-order valence-electron chi connectivity index (χ0n) is 19.2. The van der Waals surface area contributed by atoms with Gasteiger partial charge in [0.1, 0.15) is 9.04 Å². The largest absolute Gasteiger partial charge is 0.396 e. The number of anilines is 1. The normalized spacial score (nSPS) is 12.5. The van der Waals surface area contributed by atoms with Crippen LogP contribution in [0.15, 0.2) is 59.1 Å². The summed E-state index contributed by atoms with van der Waals surface area (Å²) in [6, 6.07) is 14.0. The molecule has 5 aromatic rings. The van der Waals surface area contributed by atoms with Gasteiger partial charge in [-0.1, -0.05) is 30.3 Å². The molecule has 0 aliphatic heterocycles. The van der Waals surface area contributed by atoms with Crippen molar-refractivity contribution in [1.82, 2.24) is 19.7 Å². The molecular weight excluding hydrogens is 482 g/mol. The molecule has 8 nitrogen and oxygen atoms in total. The van der Waals surface area contributed by atoms with Crippen LogP contribution in [0.5, 0.6) is 0 Å². The maximum Gasteiger partial charge on any atom is 0.181 e. The van der Waals surface area contributed by atoms with Gasteiger partial charge in [0.2, 0.25) is 0 Å². The van der Waals surface area contributed by atoms with Crippen LogP contribution in [0.2, 0.25) is 0 Å². The first kappa shape index (κ1) is 23.6.